The molecule has 5 heteroatoms. The smallest absolute Gasteiger partial charge is 0.339 e. The number of carbonyl (C=O) groups excluding carboxylic acids is 2. The van der Waals surface area contributed by atoms with E-state index >= 15 is 0 Å². The van der Waals surface area contributed by atoms with Gasteiger partial charge in [-0.3, -0.25) is 9.78 Å². The third kappa shape index (κ3) is 3.87. The maximum atomic E-state index is 12.0. The van der Waals surface area contributed by atoms with E-state index in [9.17, 15) is 9.59 Å². The van der Waals surface area contributed by atoms with Gasteiger partial charge in [0.25, 0.3) is 0 Å². The van der Waals surface area contributed by atoms with Gasteiger partial charge in [-0.25, -0.2) is 4.79 Å². The summed E-state index contributed by atoms with van der Waals surface area (Å²) >= 11 is 0. The van der Waals surface area contributed by atoms with Gasteiger partial charge in [0.1, 0.15) is 0 Å². The van der Waals surface area contributed by atoms with Crippen LogP contribution in [0.3, 0.4) is 0 Å². The maximum absolute atomic E-state index is 12.0. The molecule has 1 fully saturated rings. The number of esters is 1. The summed E-state index contributed by atoms with van der Waals surface area (Å²) in [6.07, 6.45) is 3.92. The number of carbonyl (C=O) groups is 2. The first-order valence-electron chi connectivity index (χ1n) is 8.43. The molecule has 1 aliphatic rings. The van der Waals surface area contributed by atoms with E-state index in [2.05, 4.69) is 9.72 Å². The minimum atomic E-state index is -0.400. The number of aryl methyl sites for hydroxylation is 1. The predicted molar refractivity (Wildman–Crippen MR) is 96.5 cm³/mol. The molecule has 0 saturated heterocycles. The molecule has 25 heavy (non-hydrogen) atoms. The number of benzene rings is 1. The molecule has 3 rings (SSSR count). The van der Waals surface area contributed by atoms with E-state index in [0.717, 1.165) is 29.1 Å². The Balaban J connectivity index is 1.85. The molecule has 2 aromatic rings. The topological polar surface area (TPSA) is 59.5 Å². The van der Waals surface area contributed by atoms with Gasteiger partial charge in [-0.1, -0.05) is 6.07 Å². The predicted octanol–water partition coefficient (Wildman–Crippen LogP) is 3.61. The number of amides is 1. The number of ether oxygens (including phenoxy) is 1. The fourth-order valence-electron chi connectivity index (χ4n) is 2.88. The van der Waals surface area contributed by atoms with E-state index in [1.165, 1.54) is 26.1 Å². The van der Waals surface area contributed by atoms with Crippen LogP contribution in [0.2, 0.25) is 0 Å². The largest absolute Gasteiger partial charge is 0.465 e. The summed E-state index contributed by atoms with van der Waals surface area (Å²) in [4.78, 5) is 29.7. The van der Waals surface area contributed by atoms with E-state index in [-0.39, 0.29) is 5.91 Å². The van der Waals surface area contributed by atoms with Gasteiger partial charge in [0.2, 0.25) is 5.91 Å². The molecular formula is C20H22N2O3. The molecule has 0 bridgehead atoms. The summed E-state index contributed by atoms with van der Waals surface area (Å²) in [5, 5.41) is 0. The van der Waals surface area contributed by atoms with Crippen molar-refractivity contribution in [2.75, 3.05) is 18.6 Å². The Morgan fingerprint density at radius 2 is 2.00 bits per heavy atom. The molecule has 0 aliphatic heterocycles. The van der Waals surface area contributed by atoms with Crippen molar-refractivity contribution < 1.29 is 14.3 Å². The molecule has 130 valence electrons. The van der Waals surface area contributed by atoms with Crippen molar-refractivity contribution >= 4 is 17.6 Å². The number of hydrogen-bond donors (Lipinski definition) is 0. The van der Waals surface area contributed by atoms with Crippen LogP contribution in [-0.2, 0) is 9.53 Å². The monoisotopic (exact) mass is 338 g/mol. The number of rotatable bonds is 5. The number of aromatic nitrogens is 1. The summed E-state index contributed by atoms with van der Waals surface area (Å²) < 4.78 is 4.69. The van der Waals surface area contributed by atoms with Crippen molar-refractivity contribution in [2.45, 2.75) is 26.7 Å². The van der Waals surface area contributed by atoms with Gasteiger partial charge < -0.3 is 9.64 Å². The Labute approximate surface area is 147 Å². The molecule has 1 saturated carbocycles. The minimum Gasteiger partial charge on any atom is -0.465 e. The molecule has 0 atom stereocenters. The SMILES string of the molecule is COC(=O)c1ccc(-c2ccc(N(CC3CC3)C(C)=O)c(C)c2)nc1. The van der Waals surface area contributed by atoms with E-state index < -0.39 is 5.97 Å². The second kappa shape index (κ2) is 7.05. The second-order valence-corrected chi connectivity index (χ2v) is 6.50. The van der Waals surface area contributed by atoms with Crippen LogP contribution in [0.5, 0.6) is 0 Å². The normalized spacial score (nSPS) is 13.4. The van der Waals surface area contributed by atoms with Gasteiger partial charge in [0.05, 0.1) is 18.4 Å². The zero-order valence-electron chi connectivity index (χ0n) is 14.8. The first-order chi connectivity index (χ1) is 12.0. The van der Waals surface area contributed by atoms with Gasteiger partial charge in [0, 0.05) is 30.9 Å². The van der Waals surface area contributed by atoms with Crippen LogP contribution in [-0.4, -0.2) is 30.5 Å². The van der Waals surface area contributed by atoms with Crippen LogP contribution < -0.4 is 4.90 Å². The lowest BCUT2D eigenvalue weighted by Gasteiger charge is -2.23. The zero-order chi connectivity index (χ0) is 18.0. The average Bonchev–Trinajstić information content (AvgIpc) is 3.43. The van der Waals surface area contributed by atoms with E-state index in [1.54, 1.807) is 19.1 Å². The number of pyridine rings is 1. The quantitative estimate of drug-likeness (QED) is 0.782. The summed E-state index contributed by atoms with van der Waals surface area (Å²) in [5.41, 5.74) is 4.14. The highest BCUT2D eigenvalue weighted by molar-refractivity contribution is 5.93. The summed E-state index contributed by atoms with van der Waals surface area (Å²) in [5.74, 6) is 0.307. The highest BCUT2D eigenvalue weighted by atomic mass is 16.5. The van der Waals surface area contributed by atoms with E-state index in [4.69, 9.17) is 0 Å². The van der Waals surface area contributed by atoms with Crippen LogP contribution >= 0.6 is 0 Å². The summed E-state index contributed by atoms with van der Waals surface area (Å²) in [6, 6.07) is 9.47. The Bertz CT molecular complexity index is 795. The van der Waals surface area contributed by atoms with Crippen LogP contribution in [0.1, 0.15) is 35.7 Å². The molecule has 0 N–H and O–H groups in total. The lowest BCUT2D eigenvalue weighted by Crippen LogP contribution is -2.31. The molecular weight excluding hydrogens is 316 g/mol. The van der Waals surface area contributed by atoms with Crippen molar-refractivity contribution in [2.24, 2.45) is 5.92 Å². The van der Waals surface area contributed by atoms with Crippen molar-refractivity contribution in [1.82, 2.24) is 4.98 Å². The fraction of sp³-hybridized carbons (Fsp3) is 0.350. The van der Waals surface area contributed by atoms with Gasteiger partial charge >= 0.3 is 5.97 Å². The van der Waals surface area contributed by atoms with Crippen molar-refractivity contribution in [3.63, 3.8) is 0 Å². The molecule has 0 radical (unpaired) electrons. The number of hydrogen-bond acceptors (Lipinski definition) is 4. The highest BCUT2D eigenvalue weighted by Gasteiger charge is 2.27. The number of methoxy groups -OCH3 is 1. The molecule has 1 aromatic carbocycles. The standard InChI is InChI=1S/C20H22N2O3/c1-13-10-16(18-8-6-17(11-21-18)20(24)25-3)7-9-19(13)22(14(2)23)12-15-4-5-15/h6-11,15H,4-5,12H2,1-3H3. The van der Waals surface area contributed by atoms with Gasteiger partial charge in [-0.2, -0.15) is 0 Å². The molecule has 0 unspecified atom stereocenters. The number of anilines is 1. The highest BCUT2D eigenvalue weighted by Crippen LogP contribution is 2.33. The minimum absolute atomic E-state index is 0.0725. The fourth-order valence-corrected chi connectivity index (χ4v) is 2.88. The van der Waals surface area contributed by atoms with Crippen molar-refractivity contribution in [1.29, 1.82) is 0 Å². The van der Waals surface area contributed by atoms with Crippen molar-refractivity contribution in [3.05, 3.63) is 47.7 Å². The lowest BCUT2D eigenvalue weighted by atomic mass is 10.0. The Kier molecular flexibility index (Phi) is 4.83. The van der Waals surface area contributed by atoms with Crippen molar-refractivity contribution in [3.8, 4) is 11.3 Å². The molecule has 1 amide bonds. The molecule has 0 spiro atoms. The lowest BCUT2D eigenvalue weighted by molar-refractivity contribution is -0.116. The van der Waals surface area contributed by atoms with Gasteiger partial charge in [0.15, 0.2) is 0 Å². The van der Waals surface area contributed by atoms with Crippen LogP contribution in [0.4, 0.5) is 5.69 Å². The van der Waals surface area contributed by atoms with Crippen LogP contribution in [0.15, 0.2) is 36.5 Å². The summed E-state index contributed by atoms with van der Waals surface area (Å²) in [7, 11) is 1.35. The molecule has 1 aromatic heterocycles. The summed E-state index contributed by atoms with van der Waals surface area (Å²) in [6.45, 7) is 4.41. The Hall–Kier alpha value is -2.69. The Morgan fingerprint density at radius 3 is 2.52 bits per heavy atom. The molecule has 1 heterocycles. The van der Waals surface area contributed by atoms with Crippen LogP contribution in [0, 0.1) is 12.8 Å². The third-order valence-corrected chi connectivity index (χ3v) is 4.49. The van der Waals surface area contributed by atoms with Gasteiger partial charge in [-0.15, -0.1) is 0 Å². The zero-order valence-corrected chi connectivity index (χ0v) is 14.8. The Morgan fingerprint density at radius 1 is 1.24 bits per heavy atom. The first-order valence-corrected chi connectivity index (χ1v) is 8.43. The molecule has 1 aliphatic carbocycles. The number of nitrogens with zero attached hydrogens (tertiary/aromatic N) is 2. The second-order valence-electron chi connectivity index (χ2n) is 6.50. The molecule has 5 nitrogen and oxygen atoms in total. The first kappa shape index (κ1) is 17.1. The van der Waals surface area contributed by atoms with E-state index in [0.29, 0.717) is 11.5 Å². The van der Waals surface area contributed by atoms with E-state index in [1.807, 2.05) is 30.0 Å². The average molecular weight is 338 g/mol. The van der Waals surface area contributed by atoms with Crippen LogP contribution in [0.25, 0.3) is 11.3 Å². The maximum Gasteiger partial charge on any atom is 0.339 e. The third-order valence-electron chi connectivity index (χ3n) is 4.49. The van der Waals surface area contributed by atoms with Gasteiger partial charge in [-0.05, 0) is 55.5 Å².